The van der Waals surface area contributed by atoms with Gasteiger partial charge in [-0.3, -0.25) is 14.5 Å². The molecule has 0 bridgehead atoms. The number of methoxy groups -OCH3 is 3. The first kappa shape index (κ1) is 19.1. The Kier molecular flexibility index (Phi) is 7.06. The van der Waals surface area contributed by atoms with Crippen molar-refractivity contribution in [2.45, 2.75) is 25.8 Å². The Balaban J connectivity index is 1.84. The third-order valence-electron chi connectivity index (χ3n) is 4.27. The molecule has 0 atom stereocenters. The van der Waals surface area contributed by atoms with Crippen molar-refractivity contribution in [2.75, 3.05) is 41.0 Å². The van der Waals surface area contributed by atoms with Crippen molar-refractivity contribution >= 4 is 11.9 Å². The maximum Gasteiger partial charge on any atom is 0.305 e. The quantitative estimate of drug-likeness (QED) is 0.559. The molecule has 25 heavy (non-hydrogen) atoms. The van der Waals surface area contributed by atoms with Gasteiger partial charge in [-0.1, -0.05) is 0 Å². The Bertz CT molecular complexity index is 618. The minimum atomic E-state index is -0.258. The number of nitrogens with zero attached hydrogens (tertiary/aromatic N) is 1. The van der Waals surface area contributed by atoms with Crippen LogP contribution in [0.2, 0.25) is 0 Å². The summed E-state index contributed by atoms with van der Waals surface area (Å²) in [5.41, 5.74) is 2.38. The lowest BCUT2D eigenvalue weighted by atomic mass is 9.99. The fourth-order valence-electron chi connectivity index (χ4n) is 2.90. The minimum absolute atomic E-state index is 0.0335. The molecule has 0 fully saturated rings. The number of carbonyl (C=O) groups is 2. The summed E-state index contributed by atoms with van der Waals surface area (Å²) in [7, 11) is 4.61. The maximum atomic E-state index is 12.0. The largest absolute Gasteiger partial charge is 0.493 e. The molecule has 1 N–H and O–H groups in total. The van der Waals surface area contributed by atoms with Crippen molar-refractivity contribution in [3.63, 3.8) is 0 Å². The zero-order valence-electron chi connectivity index (χ0n) is 15.1. The molecule has 1 aromatic carbocycles. The van der Waals surface area contributed by atoms with Crippen LogP contribution in [0.5, 0.6) is 11.5 Å². The highest BCUT2D eigenvalue weighted by molar-refractivity contribution is 5.78. The van der Waals surface area contributed by atoms with Crippen LogP contribution in [0.1, 0.15) is 24.0 Å². The molecule has 7 nitrogen and oxygen atoms in total. The second kappa shape index (κ2) is 9.27. The molecule has 0 saturated heterocycles. The highest BCUT2D eigenvalue weighted by Gasteiger charge is 2.21. The smallest absolute Gasteiger partial charge is 0.305 e. The molecule has 7 heteroatoms. The van der Waals surface area contributed by atoms with Gasteiger partial charge in [-0.2, -0.15) is 0 Å². The number of esters is 1. The van der Waals surface area contributed by atoms with Crippen LogP contribution in [0.25, 0.3) is 0 Å². The highest BCUT2D eigenvalue weighted by Crippen LogP contribution is 2.33. The lowest BCUT2D eigenvalue weighted by Crippen LogP contribution is -2.40. The highest BCUT2D eigenvalue weighted by atomic mass is 16.5. The average molecular weight is 350 g/mol. The van der Waals surface area contributed by atoms with Gasteiger partial charge < -0.3 is 19.5 Å². The summed E-state index contributed by atoms with van der Waals surface area (Å²) >= 11 is 0. The molecule has 0 saturated carbocycles. The van der Waals surface area contributed by atoms with Gasteiger partial charge in [-0.05, 0) is 36.1 Å². The molecule has 1 heterocycles. The Hall–Kier alpha value is -2.28. The van der Waals surface area contributed by atoms with E-state index >= 15 is 0 Å². The molecule has 138 valence electrons. The fourth-order valence-corrected chi connectivity index (χ4v) is 2.90. The van der Waals surface area contributed by atoms with E-state index in [-0.39, 0.29) is 11.9 Å². The molecule has 1 aromatic rings. The lowest BCUT2D eigenvalue weighted by Gasteiger charge is -2.29. The third kappa shape index (κ3) is 5.35. The van der Waals surface area contributed by atoms with E-state index in [1.165, 1.54) is 12.7 Å². The van der Waals surface area contributed by atoms with Crippen molar-refractivity contribution < 1.29 is 23.8 Å². The second-order valence-corrected chi connectivity index (χ2v) is 5.97. The van der Waals surface area contributed by atoms with Gasteiger partial charge in [-0.25, -0.2) is 0 Å². The third-order valence-corrected chi connectivity index (χ3v) is 4.27. The van der Waals surface area contributed by atoms with Crippen molar-refractivity contribution in [3.8, 4) is 11.5 Å². The molecule has 1 aliphatic rings. The lowest BCUT2D eigenvalue weighted by molar-refractivity contribution is -0.140. The van der Waals surface area contributed by atoms with Gasteiger partial charge in [0.05, 0.1) is 27.9 Å². The zero-order valence-corrected chi connectivity index (χ0v) is 15.1. The average Bonchev–Trinajstić information content (AvgIpc) is 2.63. The van der Waals surface area contributed by atoms with Gasteiger partial charge in [0, 0.05) is 26.1 Å². The standard InChI is InChI=1S/C18H26N2O5/c1-23-15-9-13-6-8-20(11-14(13)10-16(15)24-2)12-17(21)19-7-4-5-18(22)25-3/h9-10H,4-8,11-12H2,1-3H3,(H,19,21). The number of benzene rings is 1. The number of amides is 1. The van der Waals surface area contributed by atoms with Gasteiger partial charge in [0.25, 0.3) is 0 Å². The summed E-state index contributed by atoms with van der Waals surface area (Å²) in [4.78, 5) is 25.2. The predicted molar refractivity (Wildman–Crippen MR) is 92.8 cm³/mol. The van der Waals surface area contributed by atoms with Gasteiger partial charge in [0.15, 0.2) is 11.5 Å². The molecule has 1 amide bonds. The molecule has 0 aromatic heterocycles. The van der Waals surface area contributed by atoms with Crippen molar-refractivity contribution in [1.29, 1.82) is 0 Å². The SMILES string of the molecule is COC(=O)CCCNC(=O)CN1CCc2cc(OC)c(OC)cc2C1. The van der Waals surface area contributed by atoms with Crippen molar-refractivity contribution in [2.24, 2.45) is 0 Å². The van der Waals surface area contributed by atoms with Crippen LogP contribution in [-0.4, -0.2) is 57.7 Å². The van der Waals surface area contributed by atoms with E-state index in [0.29, 0.717) is 38.2 Å². The monoisotopic (exact) mass is 350 g/mol. The maximum absolute atomic E-state index is 12.0. The number of fused-ring (bicyclic) bond motifs is 1. The molecule has 0 aliphatic carbocycles. The Morgan fingerprint density at radius 1 is 1.12 bits per heavy atom. The van der Waals surface area contributed by atoms with E-state index < -0.39 is 0 Å². The molecule has 0 spiro atoms. The zero-order chi connectivity index (χ0) is 18.2. The number of rotatable bonds is 8. The number of ether oxygens (including phenoxy) is 3. The van der Waals surface area contributed by atoms with E-state index in [1.807, 2.05) is 12.1 Å². The van der Waals surface area contributed by atoms with Crippen LogP contribution in [0, 0.1) is 0 Å². The van der Waals surface area contributed by atoms with Crippen LogP contribution in [-0.2, 0) is 27.3 Å². The van der Waals surface area contributed by atoms with Gasteiger partial charge in [0.1, 0.15) is 0 Å². The topological polar surface area (TPSA) is 77.1 Å². The summed E-state index contributed by atoms with van der Waals surface area (Å²) in [5, 5.41) is 2.84. The second-order valence-electron chi connectivity index (χ2n) is 5.97. The normalized spacial score (nSPS) is 13.7. The van der Waals surface area contributed by atoms with Crippen LogP contribution < -0.4 is 14.8 Å². The number of carbonyl (C=O) groups excluding carboxylic acids is 2. The van der Waals surface area contributed by atoms with Crippen LogP contribution >= 0.6 is 0 Å². The number of nitrogens with one attached hydrogen (secondary N) is 1. The number of hydrogen-bond acceptors (Lipinski definition) is 6. The van der Waals surface area contributed by atoms with E-state index in [0.717, 1.165) is 24.3 Å². The molecular formula is C18H26N2O5. The van der Waals surface area contributed by atoms with Gasteiger partial charge in [0.2, 0.25) is 5.91 Å². The summed E-state index contributed by atoms with van der Waals surface area (Å²) in [6, 6.07) is 3.99. The summed E-state index contributed by atoms with van der Waals surface area (Å²) in [6.07, 6.45) is 1.76. The van der Waals surface area contributed by atoms with Crippen LogP contribution in [0.3, 0.4) is 0 Å². The molecular weight excluding hydrogens is 324 g/mol. The summed E-state index contributed by atoms with van der Waals surface area (Å²) in [5.74, 6) is 1.15. The summed E-state index contributed by atoms with van der Waals surface area (Å²) in [6.45, 7) is 2.33. The first-order valence-electron chi connectivity index (χ1n) is 8.37. The van der Waals surface area contributed by atoms with E-state index in [4.69, 9.17) is 9.47 Å². The van der Waals surface area contributed by atoms with E-state index in [2.05, 4.69) is 15.0 Å². The van der Waals surface area contributed by atoms with Gasteiger partial charge >= 0.3 is 5.97 Å². The predicted octanol–water partition coefficient (Wildman–Crippen LogP) is 1.13. The van der Waals surface area contributed by atoms with E-state index in [1.54, 1.807) is 14.2 Å². The van der Waals surface area contributed by atoms with E-state index in [9.17, 15) is 9.59 Å². The molecule has 2 rings (SSSR count). The molecule has 1 aliphatic heterocycles. The Morgan fingerprint density at radius 3 is 2.44 bits per heavy atom. The Labute approximate surface area is 148 Å². The van der Waals surface area contributed by atoms with Crippen molar-refractivity contribution in [3.05, 3.63) is 23.3 Å². The first-order chi connectivity index (χ1) is 12.1. The summed E-state index contributed by atoms with van der Waals surface area (Å²) < 4.78 is 15.3. The van der Waals surface area contributed by atoms with Crippen LogP contribution in [0.4, 0.5) is 0 Å². The first-order valence-corrected chi connectivity index (χ1v) is 8.37. The molecule has 0 radical (unpaired) electrons. The van der Waals surface area contributed by atoms with Crippen molar-refractivity contribution in [1.82, 2.24) is 10.2 Å². The van der Waals surface area contributed by atoms with Gasteiger partial charge in [-0.15, -0.1) is 0 Å². The molecule has 0 unspecified atom stereocenters. The minimum Gasteiger partial charge on any atom is -0.493 e. The fraction of sp³-hybridized carbons (Fsp3) is 0.556. The number of hydrogen-bond donors (Lipinski definition) is 1. The van der Waals surface area contributed by atoms with Crippen LogP contribution in [0.15, 0.2) is 12.1 Å². The Morgan fingerprint density at radius 2 is 1.80 bits per heavy atom.